The monoisotopic (exact) mass is 299 g/mol. The predicted molar refractivity (Wildman–Crippen MR) is 86.8 cm³/mol. The summed E-state index contributed by atoms with van der Waals surface area (Å²) in [6.07, 6.45) is 3.09. The van der Waals surface area contributed by atoms with Gasteiger partial charge in [0.15, 0.2) is 0 Å². The number of hydrogen-bond donors (Lipinski definition) is 0. The van der Waals surface area contributed by atoms with Crippen molar-refractivity contribution in [3.05, 3.63) is 42.4 Å². The minimum absolute atomic E-state index is 0.397. The zero-order chi connectivity index (χ0) is 16.3. The van der Waals surface area contributed by atoms with E-state index in [9.17, 15) is 4.79 Å². The predicted octanol–water partition coefficient (Wildman–Crippen LogP) is 3.82. The first-order valence-corrected chi connectivity index (χ1v) is 7.13. The Kier molecular flexibility index (Phi) is 4.45. The molecule has 1 amide bonds. The number of hydrogen-bond acceptors (Lipinski definition) is 4. The van der Waals surface area contributed by atoms with Gasteiger partial charge in [-0.1, -0.05) is 0 Å². The lowest BCUT2D eigenvalue weighted by Crippen LogP contribution is -2.34. The van der Waals surface area contributed by atoms with Gasteiger partial charge in [0.25, 0.3) is 0 Å². The second-order valence-electron chi connectivity index (χ2n) is 6.08. The fourth-order valence-electron chi connectivity index (χ4n) is 2.01. The normalized spacial score (nSPS) is 11.1. The minimum atomic E-state index is -0.525. The highest BCUT2D eigenvalue weighted by atomic mass is 16.6. The van der Waals surface area contributed by atoms with Crippen molar-refractivity contribution in [2.45, 2.75) is 33.3 Å². The van der Waals surface area contributed by atoms with Gasteiger partial charge in [-0.25, -0.2) is 4.79 Å². The Morgan fingerprint density at radius 2 is 1.95 bits per heavy atom. The summed E-state index contributed by atoms with van der Waals surface area (Å²) in [6, 6.07) is 7.56. The van der Waals surface area contributed by atoms with E-state index in [1.165, 1.54) is 4.90 Å². The molecule has 0 aromatic carbocycles. The zero-order valence-corrected chi connectivity index (χ0v) is 13.6. The van der Waals surface area contributed by atoms with Gasteiger partial charge in [-0.2, -0.15) is 0 Å². The molecule has 5 heteroatoms. The first-order chi connectivity index (χ1) is 10.3. The van der Waals surface area contributed by atoms with Gasteiger partial charge in [-0.3, -0.25) is 14.9 Å². The van der Waals surface area contributed by atoms with Gasteiger partial charge < -0.3 is 4.74 Å². The molecule has 0 N–H and O–H groups in total. The standard InChI is InChI=1S/C17H21N3O2/c1-12-15(20(5)16(21)22-17(2,3)4)9-8-14(19-12)13-7-6-10-18-11-13/h6-11H,1-5H3. The second kappa shape index (κ2) is 6.13. The fourth-order valence-corrected chi connectivity index (χ4v) is 2.01. The van der Waals surface area contributed by atoms with Crippen molar-refractivity contribution in [1.29, 1.82) is 0 Å². The molecule has 0 fully saturated rings. The number of carbonyl (C=O) groups is 1. The maximum absolute atomic E-state index is 12.1. The van der Waals surface area contributed by atoms with Gasteiger partial charge in [0, 0.05) is 25.0 Å². The molecule has 116 valence electrons. The van der Waals surface area contributed by atoms with Crippen LogP contribution >= 0.6 is 0 Å². The number of pyridine rings is 2. The lowest BCUT2D eigenvalue weighted by atomic mass is 10.1. The molecule has 2 aromatic heterocycles. The van der Waals surface area contributed by atoms with Crippen LogP contribution in [0.2, 0.25) is 0 Å². The van der Waals surface area contributed by atoms with Crippen molar-refractivity contribution in [3.8, 4) is 11.3 Å². The lowest BCUT2D eigenvalue weighted by molar-refractivity contribution is 0.0589. The molecule has 0 radical (unpaired) electrons. The van der Waals surface area contributed by atoms with Crippen molar-refractivity contribution < 1.29 is 9.53 Å². The molecule has 0 spiro atoms. The summed E-state index contributed by atoms with van der Waals surface area (Å²) in [4.78, 5) is 22.3. The topological polar surface area (TPSA) is 55.3 Å². The van der Waals surface area contributed by atoms with Gasteiger partial charge in [0.05, 0.1) is 17.1 Å². The quantitative estimate of drug-likeness (QED) is 0.846. The van der Waals surface area contributed by atoms with Crippen LogP contribution in [0, 0.1) is 6.92 Å². The molecule has 2 rings (SSSR count). The Morgan fingerprint density at radius 3 is 2.50 bits per heavy atom. The van der Waals surface area contributed by atoms with Crippen LogP contribution in [0.4, 0.5) is 10.5 Å². The van der Waals surface area contributed by atoms with E-state index in [1.54, 1.807) is 19.4 Å². The molecule has 2 aromatic rings. The van der Waals surface area contributed by atoms with Crippen molar-refractivity contribution in [3.63, 3.8) is 0 Å². The third-order valence-electron chi connectivity index (χ3n) is 3.04. The van der Waals surface area contributed by atoms with Crippen LogP contribution in [0.5, 0.6) is 0 Å². The average Bonchev–Trinajstić information content (AvgIpc) is 2.45. The number of aryl methyl sites for hydroxylation is 1. The number of nitrogens with zero attached hydrogens (tertiary/aromatic N) is 3. The molecule has 2 heterocycles. The summed E-state index contributed by atoms with van der Waals surface area (Å²) in [7, 11) is 1.68. The van der Waals surface area contributed by atoms with E-state index in [1.807, 2.05) is 52.0 Å². The summed E-state index contributed by atoms with van der Waals surface area (Å²) in [5, 5.41) is 0. The zero-order valence-electron chi connectivity index (χ0n) is 13.6. The molecule has 0 aliphatic rings. The van der Waals surface area contributed by atoms with Crippen molar-refractivity contribution >= 4 is 11.8 Å². The molecule has 5 nitrogen and oxygen atoms in total. The number of ether oxygens (including phenoxy) is 1. The Balaban J connectivity index is 2.25. The molecule has 0 aliphatic heterocycles. The Hall–Kier alpha value is -2.43. The fraction of sp³-hybridized carbons (Fsp3) is 0.353. The van der Waals surface area contributed by atoms with Crippen LogP contribution in [-0.2, 0) is 4.74 Å². The molecule has 0 unspecified atom stereocenters. The van der Waals surface area contributed by atoms with Crippen molar-refractivity contribution in [2.75, 3.05) is 11.9 Å². The Labute approximate surface area is 131 Å². The first-order valence-electron chi connectivity index (χ1n) is 7.13. The third kappa shape index (κ3) is 3.81. The molecule has 0 aliphatic carbocycles. The smallest absolute Gasteiger partial charge is 0.414 e. The van der Waals surface area contributed by atoms with Crippen LogP contribution in [0.15, 0.2) is 36.7 Å². The highest BCUT2D eigenvalue weighted by Gasteiger charge is 2.22. The largest absolute Gasteiger partial charge is 0.443 e. The second-order valence-corrected chi connectivity index (χ2v) is 6.08. The number of rotatable bonds is 2. The van der Waals surface area contributed by atoms with Crippen LogP contribution < -0.4 is 4.90 Å². The summed E-state index contributed by atoms with van der Waals surface area (Å²) < 4.78 is 5.37. The SMILES string of the molecule is Cc1nc(-c2cccnc2)ccc1N(C)C(=O)OC(C)(C)C. The van der Waals surface area contributed by atoms with E-state index in [2.05, 4.69) is 9.97 Å². The van der Waals surface area contributed by atoms with Crippen LogP contribution in [0.25, 0.3) is 11.3 Å². The van der Waals surface area contributed by atoms with Gasteiger partial charge in [0.1, 0.15) is 5.60 Å². The van der Waals surface area contributed by atoms with E-state index in [0.29, 0.717) is 0 Å². The molecule has 0 atom stereocenters. The van der Waals surface area contributed by atoms with Crippen LogP contribution in [-0.4, -0.2) is 28.7 Å². The molecular formula is C17H21N3O2. The average molecular weight is 299 g/mol. The van der Waals surface area contributed by atoms with Crippen LogP contribution in [0.3, 0.4) is 0 Å². The van der Waals surface area contributed by atoms with E-state index < -0.39 is 11.7 Å². The maximum atomic E-state index is 12.1. The van der Waals surface area contributed by atoms with Crippen LogP contribution in [0.1, 0.15) is 26.5 Å². The maximum Gasteiger partial charge on any atom is 0.414 e. The molecule has 22 heavy (non-hydrogen) atoms. The highest BCUT2D eigenvalue weighted by Crippen LogP contribution is 2.24. The summed E-state index contributed by atoms with van der Waals surface area (Å²) in [5.74, 6) is 0. The Bertz CT molecular complexity index is 663. The van der Waals surface area contributed by atoms with Gasteiger partial charge in [0.2, 0.25) is 0 Å². The summed E-state index contributed by atoms with van der Waals surface area (Å²) in [5.41, 5.74) is 2.73. The molecular weight excluding hydrogens is 278 g/mol. The number of anilines is 1. The van der Waals surface area contributed by atoms with Crippen molar-refractivity contribution in [1.82, 2.24) is 9.97 Å². The molecule has 0 saturated heterocycles. The van der Waals surface area contributed by atoms with Gasteiger partial charge in [-0.15, -0.1) is 0 Å². The highest BCUT2D eigenvalue weighted by molar-refractivity contribution is 5.88. The third-order valence-corrected chi connectivity index (χ3v) is 3.04. The number of carbonyl (C=O) groups excluding carboxylic acids is 1. The molecule has 0 saturated carbocycles. The Morgan fingerprint density at radius 1 is 1.23 bits per heavy atom. The van der Waals surface area contributed by atoms with E-state index >= 15 is 0 Å². The van der Waals surface area contributed by atoms with E-state index in [0.717, 1.165) is 22.6 Å². The number of aromatic nitrogens is 2. The number of amides is 1. The summed E-state index contributed by atoms with van der Waals surface area (Å²) in [6.45, 7) is 7.40. The van der Waals surface area contributed by atoms with E-state index in [-0.39, 0.29) is 0 Å². The molecule has 0 bridgehead atoms. The lowest BCUT2D eigenvalue weighted by Gasteiger charge is -2.25. The van der Waals surface area contributed by atoms with Crippen molar-refractivity contribution in [2.24, 2.45) is 0 Å². The van der Waals surface area contributed by atoms with E-state index in [4.69, 9.17) is 4.74 Å². The van der Waals surface area contributed by atoms with Gasteiger partial charge in [-0.05, 0) is 52.0 Å². The minimum Gasteiger partial charge on any atom is -0.443 e. The first kappa shape index (κ1) is 15.9. The van der Waals surface area contributed by atoms with Gasteiger partial charge >= 0.3 is 6.09 Å². The summed E-state index contributed by atoms with van der Waals surface area (Å²) >= 11 is 0.